The molecule has 5 aromatic rings. The fourth-order valence-electron chi connectivity index (χ4n) is 5.47. The highest BCUT2D eigenvalue weighted by Crippen LogP contribution is 2.34. The number of sulfonamides is 1. The van der Waals surface area contributed by atoms with Crippen LogP contribution in [0.3, 0.4) is 0 Å². The van der Waals surface area contributed by atoms with Crippen molar-refractivity contribution in [2.75, 3.05) is 23.7 Å². The first-order chi connectivity index (χ1) is 22.0. The Bertz CT molecular complexity index is 1900. The summed E-state index contributed by atoms with van der Waals surface area (Å²) in [7, 11) is -3.55. The third-order valence-corrected chi connectivity index (χ3v) is 11.6. The molecule has 240 valence electrons. The van der Waals surface area contributed by atoms with Gasteiger partial charge in [0.2, 0.25) is 0 Å². The summed E-state index contributed by atoms with van der Waals surface area (Å²) in [6.45, 7) is 9.28. The number of urea groups is 1. The first-order valence-electron chi connectivity index (χ1n) is 15.3. The van der Waals surface area contributed by atoms with E-state index in [4.69, 9.17) is 9.62 Å². The van der Waals surface area contributed by atoms with E-state index in [0.29, 0.717) is 40.4 Å². The van der Waals surface area contributed by atoms with E-state index in [-0.39, 0.29) is 11.4 Å². The summed E-state index contributed by atoms with van der Waals surface area (Å²) in [4.78, 5) is 13.8. The Balaban J connectivity index is 1.03. The standard InChI is InChI=1S/C34H38N6O4S2/c1-23-5-11-27(12-6-23)40-31(22-30(37-40)34(2,3)4)36-33(41)35-26-9-7-24(8-10-26)21-25-15-18-39(19-16-25)46(42,43)32-14-13-29(45-32)28-17-20-44-38-28/h5-14,17,20,22,25H,15-16,18-19,21H2,1-4H3,(H2,35,36,41). The number of anilines is 2. The van der Waals surface area contributed by atoms with Crippen molar-refractivity contribution in [1.82, 2.24) is 19.2 Å². The molecule has 2 aromatic carbocycles. The minimum Gasteiger partial charge on any atom is -0.364 e. The lowest BCUT2D eigenvalue weighted by Crippen LogP contribution is -2.38. The van der Waals surface area contributed by atoms with Gasteiger partial charge in [0.25, 0.3) is 10.0 Å². The van der Waals surface area contributed by atoms with Crippen molar-refractivity contribution < 1.29 is 17.7 Å². The number of carbonyl (C=O) groups is 1. The zero-order valence-corrected chi connectivity index (χ0v) is 28.0. The van der Waals surface area contributed by atoms with E-state index in [0.717, 1.165) is 46.6 Å². The second kappa shape index (κ2) is 12.9. The highest BCUT2D eigenvalue weighted by molar-refractivity contribution is 7.91. The van der Waals surface area contributed by atoms with Gasteiger partial charge in [0.1, 0.15) is 22.0 Å². The Morgan fingerprint density at radius 1 is 0.978 bits per heavy atom. The van der Waals surface area contributed by atoms with Crippen LogP contribution in [0.5, 0.6) is 0 Å². The molecule has 4 heterocycles. The number of rotatable bonds is 8. The molecule has 3 aromatic heterocycles. The van der Waals surface area contributed by atoms with E-state index in [1.54, 1.807) is 27.2 Å². The third kappa shape index (κ3) is 7.09. The Labute approximate surface area is 273 Å². The Morgan fingerprint density at radius 2 is 1.70 bits per heavy atom. The molecule has 0 saturated carbocycles. The van der Waals surface area contributed by atoms with Crippen molar-refractivity contribution in [2.24, 2.45) is 5.92 Å². The van der Waals surface area contributed by atoms with Crippen molar-refractivity contribution in [1.29, 1.82) is 0 Å². The fraction of sp³-hybridized carbons (Fsp3) is 0.324. The van der Waals surface area contributed by atoms with Crippen molar-refractivity contribution in [3.8, 4) is 16.3 Å². The van der Waals surface area contributed by atoms with Crippen LogP contribution in [0.4, 0.5) is 16.3 Å². The van der Waals surface area contributed by atoms with Crippen LogP contribution in [0.15, 0.2) is 87.8 Å². The SMILES string of the molecule is Cc1ccc(-n2nc(C(C)(C)C)cc2NC(=O)Nc2ccc(CC3CCN(S(=O)(=O)c4ccc(-c5ccon5)s4)CC3)cc2)cc1. The molecule has 1 aliphatic heterocycles. The average molecular weight is 659 g/mol. The van der Waals surface area contributed by atoms with E-state index in [9.17, 15) is 13.2 Å². The molecule has 46 heavy (non-hydrogen) atoms. The smallest absolute Gasteiger partial charge is 0.324 e. The van der Waals surface area contributed by atoms with Crippen LogP contribution in [0.1, 0.15) is 50.4 Å². The molecule has 1 saturated heterocycles. The van der Waals surface area contributed by atoms with Gasteiger partial charge < -0.3 is 9.84 Å². The van der Waals surface area contributed by atoms with Crippen LogP contribution in [0.25, 0.3) is 16.3 Å². The summed E-state index contributed by atoms with van der Waals surface area (Å²) in [5.74, 6) is 0.965. The van der Waals surface area contributed by atoms with Crippen molar-refractivity contribution >= 4 is 38.9 Å². The maximum atomic E-state index is 13.3. The number of benzene rings is 2. The number of hydrogen-bond acceptors (Lipinski definition) is 7. The van der Waals surface area contributed by atoms with Crippen LogP contribution < -0.4 is 10.6 Å². The van der Waals surface area contributed by atoms with E-state index in [2.05, 4.69) is 36.6 Å². The van der Waals surface area contributed by atoms with Crippen molar-refractivity contribution in [3.63, 3.8) is 0 Å². The van der Waals surface area contributed by atoms with Crippen LogP contribution in [-0.4, -0.2) is 46.8 Å². The van der Waals surface area contributed by atoms with Gasteiger partial charge in [0.15, 0.2) is 0 Å². The predicted molar refractivity (Wildman–Crippen MR) is 181 cm³/mol. The Morgan fingerprint density at radius 3 is 2.35 bits per heavy atom. The molecule has 0 radical (unpaired) electrons. The summed E-state index contributed by atoms with van der Waals surface area (Å²) < 4.78 is 35.1. The predicted octanol–water partition coefficient (Wildman–Crippen LogP) is 7.48. The molecule has 1 aliphatic rings. The van der Waals surface area contributed by atoms with Gasteiger partial charge in [-0.1, -0.05) is 55.8 Å². The van der Waals surface area contributed by atoms with Crippen LogP contribution in [0.2, 0.25) is 0 Å². The number of hydrogen-bond donors (Lipinski definition) is 2. The highest BCUT2D eigenvalue weighted by atomic mass is 32.2. The van der Waals surface area contributed by atoms with Gasteiger partial charge in [0.05, 0.1) is 16.3 Å². The lowest BCUT2D eigenvalue weighted by Gasteiger charge is -2.31. The summed E-state index contributed by atoms with van der Waals surface area (Å²) in [5.41, 5.74) is 5.17. The molecule has 2 N–H and O–H groups in total. The minimum absolute atomic E-state index is 0.184. The molecule has 0 unspecified atom stereocenters. The second-order valence-electron chi connectivity index (χ2n) is 12.7. The Hall–Kier alpha value is -4.26. The number of piperidine rings is 1. The zero-order valence-electron chi connectivity index (χ0n) is 26.4. The zero-order chi connectivity index (χ0) is 32.5. The average Bonchev–Trinajstić information content (AvgIpc) is 3.80. The molecule has 2 amide bonds. The normalized spacial score (nSPS) is 14.8. The highest BCUT2D eigenvalue weighted by Gasteiger charge is 2.31. The first kappa shape index (κ1) is 31.7. The number of aromatic nitrogens is 3. The quantitative estimate of drug-likeness (QED) is 0.178. The Kier molecular flexibility index (Phi) is 8.86. The summed E-state index contributed by atoms with van der Waals surface area (Å²) in [6, 6.07) is 22.5. The number of nitrogens with zero attached hydrogens (tertiary/aromatic N) is 4. The van der Waals surface area contributed by atoms with Gasteiger partial charge >= 0.3 is 6.03 Å². The summed E-state index contributed by atoms with van der Waals surface area (Å²) in [6.07, 6.45) is 3.89. The molecular weight excluding hydrogens is 621 g/mol. The molecular formula is C34H38N6O4S2. The van der Waals surface area contributed by atoms with E-state index in [1.165, 1.54) is 17.6 Å². The molecule has 0 aliphatic carbocycles. The summed E-state index contributed by atoms with van der Waals surface area (Å²) >= 11 is 1.21. The number of nitrogens with one attached hydrogen (secondary N) is 2. The lowest BCUT2D eigenvalue weighted by molar-refractivity contribution is 0.262. The van der Waals surface area contributed by atoms with E-state index >= 15 is 0 Å². The molecule has 1 fully saturated rings. The molecule has 0 atom stereocenters. The van der Waals surface area contributed by atoms with Gasteiger partial charge in [-0.15, -0.1) is 11.3 Å². The largest absolute Gasteiger partial charge is 0.364 e. The summed E-state index contributed by atoms with van der Waals surface area (Å²) in [5, 5.41) is 14.6. The van der Waals surface area contributed by atoms with Gasteiger partial charge in [-0.05, 0) is 74.1 Å². The van der Waals surface area contributed by atoms with Gasteiger partial charge in [0, 0.05) is 36.3 Å². The third-order valence-electron chi connectivity index (χ3n) is 8.17. The van der Waals surface area contributed by atoms with Crippen LogP contribution in [0, 0.1) is 12.8 Å². The molecule has 6 rings (SSSR count). The first-order valence-corrected chi connectivity index (χ1v) is 17.6. The topological polar surface area (TPSA) is 122 Å². The van der Waals surface area contributed by atoms with Gasteiger partial charge in [-0.2, -0.15) is 9.40 Å². The fourth-order valence-corrected chi connectivity index (χ4v) is 8.36. The number of aryl methyl sites for hydroxylation is 1. The number of carbonyl (C=O) groups excluding carboxylic acids is 1. The number of thiophene rings is 1. The number of amides is 2. The molecule has 0 bridgehead atoms. The van der Waals surface area contributed by atoms with Crippen molar-refractivity contribution in [3.05, 3.63) is 95.9 Å². The maximum absolute atomic E-state index is 13.3. The van der Waals surface area contributed by atoms with Gasteiger partial charge in [-0.25, -0.2) is 17.9 Å². The molecule has 0 spiro atoms. The second-order valence-corrected chi connectivity index (χ2v) is 16.0. The van der Waals surface area contributed by atoms with E-state index < -0.39 is 10.0 Å². The van der Waals surface area contributed by atoms with Crippen LogP contribution in [-0.2, 0) is 21.9 Å². The monoisotopic (exact) mass is 658 g/mol. The maximum Gasteiger partial charge on any atom is 0.324 e. The van der Waals surface area contributed by atoms with E-state index in [1.807, 2.05) is 61.5 Å². The lowest BCUT2D eigenvalue weighted by atomic mass is 9.91. The van der Waals surface area contributed by atoms with Gasteiger partial charge in [-0.3, -0.25) is 5.32 Å². The van der Waals surface area contributed by atoms with Crippen molar-refractivity contribution in [2.45, 2.75) is 56.6 Å². The van der Waals surface area contributed by atoms with Crippen LogP contribution >= 0.6 is 11.3 Å². The molecule has 12 heteroatoms. The molecule has 10 nitrogen and oxygen atoms in total. The minimum atomic E-state index is -3.55.